The zero-order valence-corrected chi connectivity index (χ0v) is 22.9. The number of aromatic nitrogens is 2. The lowest BCUT2D eigenvalue weighted by Crippen LogP contribution is -2.36. The van der Waals surface area contributed by atoms with Crippen LogP contribution in [0.15, 0.2) is 63.7 Å². The van der Waals surface area contributed by atoms with Crippen LogP contribution in [0.5, 0.6) is 5.75 Å². The molecule has 180 valence electrons. The van der Waals surface area contributed by atoms with Crippen LogP contribution in [0.4, 0.5) is 5.69 Å². The highest BCUT2D eigenvalue weighted by Crippen LogP contribution is 2.46. The zero-order valence-electron chi connectivity index (χ0n) is 19.7. The van der Waals surface area contributed by atoms with E-state index in [0.29, 0.717) is 6.54 Å². The van der Waals surface area contributed by atoms with Gasteiger partial charge in [-0.2, -0.15) is 4.57 Å². The van der Waals surface area contributed by atoms with E-state index in [0.717, 1.165) is 53.6 Å². The number of ether oxygens (including phenoxy) is 1. The van der Waals surface area contributed by atoms with E-state index in [4.69, 9.17) is 16.3 Å². The smallest absolute Gasteiger partial charge is 0.271 e. The Kier molecular flexibility index (Phi) is 7.07. The average Bonchev–Trinajstić information content (AvgIpc) is 3.54. The molecule has 0 aliphatic carbocycles. The molecule has 0 bridgehead atoms. The maximum Gasteiger partial charge on any atom is 0.271 e. The number of benzene rings is 2. The molecule has 1 aliphatic rings. The van der Waals surface area contributed by atoms with E-state index in [1.807, 2.05) is 48.9 Å². The minimum atomic E-state index is 0.0575. The third-order valence-corrected chi connectivity index (χ3v) is 9.55. The van der Waals surface area contributed by atoms with Gasteiger partial charge in [-0.15, -0.1) is 11.3 Å². The van der Waals surface area contributed by atoms with Crippen molar-refractivity contribution in [1.82, 2.24) is 4.57 Å². The van der Waals surface area contributed by atoms with E-state index in [2.05, 4.69) is 39.3 Å². The first-order valence-electron chi connectivity index (χ1n) is 11.2. The highest BCUT2D eigenvalue weighted by atomic mass is 35.5. The SMILES string of the molecule is CCn1c(=O)/c(=C2\Sc3cc(OC)ccc3N2C)s/c1=C\c1scc[n+]1CCc1ccc(Cl)cc1. The number of thioether (sulfide) groups is 1. The first kappa shape index (κ1) is 24.2. The fraction of sp³-hybridized carbons (Fsp3) is 0.231. The molecule has 5 rings (SSSR count). The van der Waals surface area contributed by atoms with Crippen molar-refractivity contribution >= 4 is 62.8 Å². The molecule has 0 saturated heterocycles. The Balaban J connectivity index is 1.51. The van der Waals surface area contributed by atoms with Crippen molar-refractivity contribution in [2.45, 2.75) is 31.3 Å². The lowest BCUT2D eigenvalue weighted by atomic mass is 10.1. The second-order valence-corrected chi connectivity index (χ2v) is 11.5. The Morgan fingerprint density at radius 1 is 1.17 bits per heavy atom. The number of anilines is 1. The lowest BCUT2D eigenvalue weighted by molar-refractivity contribution is -0.693. The molecule has 0 atom stereocenters. The number of thiazole rings is 2. The molecule has 0 fully saturated rings. The first-order chi connectivity index (χ1) is 17.0. The van der Waals surface area contributed by atoms with Gasteiger partial charge >= 0.3 is 0 Å². The van der Waals surface area contributed by atoms with Gasteiger partial charge in [0, 0.05) is 29.9 Å². The van der Waals surface area contributed by atoms with Crippen molar-refractivity contribution in [1.29, 1.82) is 0 Å². The summed E-state index contributed by atoms with van der Waals surface area (Å²) < 4.78 is 11.2. The van der Waals surface area contributed by atoms with Crippen LogP contribution in [0, 0.1) is 0 Å². The van der Waals surface area contributed by atoms with Gasteiger partial charge in [-0.05, 0) is 42.8 Å². The van der Waals surface area contributed by atoms with Gasteiger partial charge in [0.25, 0.3) is 10.6 Å². The molecule has 0 radical (unpaired) electrons. The van der Waals surface area contributed by atoms with Gasteiger partial charge in [0.05, 0.1) is 24.3 Å². The Hall–Kier alpha value is -2.52. The molecular formula is C26H25ClN3O2S3+. The topological polar surface area (TPSA) is 38.4 Å². The number of nitrogens with zero attached hydrogens (tertiary/aromatic N) is 3. The number of fused-ring (bicyclic) bond motifs is 1. The van der Waals surface area contributed by atoms with Crippen molar-refractivity contribution in [3.05, 3.63) is 89.2 Å². The summed E-state index contributed by atoms with van der Waals surface area (Å²) in [6.45, 7) is 3.51. The minimum absolute atomic E-state index is 0.0575. The molecule has 5 nitrogen and oxygen atoms in total. The number of aryl methyl sites for hydroxylation is 2. The number of rotatable bonds is 6. The van der Waals surface area contributed by atoms with Crippen LogP contribution in [0.3, 0.4) is 0 Å². The Morgan fingerprint density at radius 2 is 1.97 bits per heavy atom. The summed E-state index contributed by atoms with van der Waals surface area (Å²) in [5, 5.41) is 4.94. The molecule has 0 N–H and O–H groups in total. The molecule has 0 saturated carbocycles. The predicted octanol–water partition coefficient (Wildman–Crippen LogP) is 4.32. The lowest BCUT2D eigenvalue weighted by Gasteiger charge is -2.12. The molecule has 3 heterocycles. The van der Waals surface area contributed by atoms with Crippen LogP contribution in [0.2, 0.25) is 5.02 Å². The summed E-state index contributed by atoms with van der Waals surface area (Å²) in [6, 6.07) is 14.0. The maximum absolute atomic E-state index is 13.4. The third-order valence-electron chi connectivity index (χ3n) is 5.98. The fourth-order valence-corrected chi connectivity index (χ4v) is 7.55. The van der Waals surface area contributed by atoms with Gasteiger partial charge in [-0.1, -0.05) is 46.8 Å². The average molecular weight is 543 g/mol. The molecular weight excluding hydrogens is 518 g/mol. The van der Waals surface area contributed by atoms with Crippen molar-refractivity contribution in [2.75, 3.05) is 19.1 Å². The molecule has 4 aromatic rings. The minimum Gasteiger partial charge on any atom is -0.497 e. The largest absolute Gasteiger partial charge is 0.497 e. The van der Waals surface area contributed by atoms with Crippen molar-refractivity contribution in [3.8, 4) is 5.75 Å². The molecule has 0 unspecified atom stereocenters. The quantitative estimate of drug-likeness (QED) is 0.340. The fourth-order valence-electron chi connectivity index (χ4n) is 4.05. The number of hydrogen-bond acceptors (Lipinski definition) is 6. The summed E-state index contributed by atoms with van der Waals surface area (Å²) in [6.07, 6.45) is 5.16. The van der Waals surface area contributed by atoms with Crippen LogP contribution < -0.4 is 29.0 Å². The maximum atomic E-state index is 13.4. The zero-order chi connectivity index (χ0) is 24.5. The van der Waals surface area contributed by atoms with Crippen LogP contribution in [0.25, 0.3) is 11.1 Å². The molecule has 0 amide bonds. The van der Waals surface area contributed by atoms with Gasteiger partial charge in [0.1, 0.15) is 20.0 Å². The van der Waals surface area contributed by atoms with E-state index >= 15 is 0 Å². The summed E-state index contributed by atoms with van der Waals surface area (Å²) in [5.41, 5.74) is 2.39. The van der Waals surface area contributed by atoms with Crippen LogP contribution in [-0.4, -0.2) is 18.7 Å². The number of halogens is 1. The molecule has 35 heavy (non-hydrogen) atoms. The van der Waals surface area contributed by atoms with E-state index in [9.17, 15) is 4.79 Å². The summed E-state index contributed by atoms with van der Waals surface area (Å²) >= 11 is 10.9. The van der Waals surface area contributed by atoms with Gasteiger partial charge < -0.3 is 9.64 Å². The molecule has 2 aromatic carbocycles. The van der Waals surface area contributed by atoms with E-state index in [-0.39, 0.29) is 5.56 Å². The predicted molar refractivity (Wildman–Crippen MR) is 147 cm³/mol. The molecule has 2 aromatic heterocycles. The first-order valence-corrected chi connectivity index (χ1v) is 14.1. The van der Waals surface area contributed by atoms with E-state index < -0.39 is 0 Å². The van der Waals surface area contributed by atoms with Gasteiger partial charge in [0.15, 0.2) is 12.7 Å². The number of methoxy groups -OCH3 is 1. The monoisotopic (exact) mass is 542 g/mol. The second kappa shape index (κ2) is 10.2. The van der Waals surface area contributed by atoms with Crippen LogP contribution in [-0.2, 0) is 19.5 Å². The van der Waals surface area contributed by atoms with Gasteiger partial charge in [-0.3, -0.25) is 9.36 Å². The van der Waals surface area contributed by atoms with Crippen LogP contribution >= 0.6 is 46.0 Å². The molecule has 9 heteroatoms. The molecule has 1 aliphatic heterocycles. The van der Waals surface area contributed by atoms with E-state index in [1.165, 1.54) is 5.56 Å². The Bertz CT molecular complexity index is 1550. The standard InChI is InChI=1S/C26H25ClN3O2S3/c1-4-30-23(16-22-29(13-14-33-22)12-11-17-5-7-18(27)8-6-17)35-24(25(30)31)26-28(2)20-10-9-19(32-3)15-21(20)34-26/h5-10,13-16H,4,11-12H2,1-3H3/q+1/b26-24+. The number of hydrogen-bond donors (Lipinski definition) is 0. The van der Waals surface area contributed by atoms with Gasteiger partial charge in [-0.25, -0.2) is 0 Å². The molecule has 0 spiro atoms. The van der Waals surface area contributed by atoms with Crippen molar-refractivity contribution in [3.63, 3.8) is 0 Å². The van der Waals surface area contributed by atoms with Crippen molar-refractivity contribution < 1.29 is 9.30 Å². The highest BCUT2D eigenvalue weighted by molar-refractivity contribution is 8.08. The van der Waals surface area contributed by atoms with Crippen LogP contribution in [0.1, 0.15) is 17.5 Å². The summed E-state index contributed by atoms with van der Waals surface area (Å²) in [4.78, 5) is 16.6. The Labute approximate surface area is 221 Å². The van der Waals surface area contributed by atoms with Crippen molar-refractivity contribution in [2.24, 2.45) is 0 Å². The third kappa shape index (κ3) is 4.80. The second-order valence-electron chi connectivity index (χ2n) is 8.07. The van der Waals surface area contributed by atoms with E-state index in [1.54, 1.807) is 41.5 Å². The summed E-state index contributed by atoms with van der Waals surface area (Å²) in [5.74, 6) is 0.818. The normalized spacial score (nSPS) is 15.1. The Morgan fingerprint density at radius 3 is 2.71 bits per heavy atom. The van der Waals surface area contributed by atoms with Gasteiger partial charge in [0.2, 0.25) is 0 Å². The highest BCUT2D eigenvalue weighted by Gasteiger charge is 2.25. The summed E-state index contributed by atoms with van der Waals surface area (Å²) in [7, 11) is 3.69.